The van der Waals surface area contributed by atoms with Crippen LogP contribution in [0, 0.1) is 5.82 Å². The number of halogens is 1. The summed E-state index contributed by atoms with van der Waals surface area (Å²) < 4.78 is 13.1. The first kappa shape index (κ1) is 14.9. The molecule has 0 amide bonds. The number of piperazine rings is 1. The molecule has 1 saturated heterocycles. The standard InChI is InChI=1S/C17H21FN4/c1-2-16(13-3-5-15(18)6-4-13)14-11-20-17(21-12-14)22-9-7-19-8-10-22/h3-6,11-12,16,19H,2,7-10H2,1H3/t16-/m1/s1. The van der Waals surface area contributed by atoms with Crippen LogP contribution in [0.4, 0.5) is 10.3 Å². The molecule has 1 aliphatic rings. The van der Waals surface area contributed by atoms with E-state index in [1.54, 1.807) is 0 Å². The fourth-order valence-corrected chi connectivity index (χ4v) is 2.90. The van der Waals surface area contributed by atoms with Gasteiger partial charge in [0.2, 0.25) is 5.95 Å². The molecule has 0 radical (unpaired) electrons. The summed E-state index contributed by atoms with van der Waals surface area (Å²) in [6.45, 7) is 5.94. The molecular weight excluding hydrogens is 279 g/mol. The van der Waals surface area contributed by atoms with E-state index in [9.17, 15) is 4.39 Å². The van der Waals surface area contributed by atoms with Crippen molar-refractivity contribution in [2.45, 2.75) is 19.3 Å². The highest BCUT2D eigenvalue weighted by Gasteiger charge is 2.16. The minimum Gasteiger partial charge on any atom is -0.338 e. The lowest BCUT2D eigenvalue weighted by Crippen LogP contribution is -2.44. The summed E-state index contributed by atoms with van der Waals surface area (Å²) in [5, 5.41) is 3.32. The highest BCUT2D eigenvalue weighted by molar-refractivity contribution is 5.35. The number of nitrogens with zero attached hydrogens (tertiary/aromatic N) is 3. The van der Waals surface area contributed by atoms with E-state index in [0.717, 1.165) is 49.7 Å². The molecule has 1 fully saturated rings. The van der Waals surface area contributed by atoms with Crippen LogP contribution in [0.3, 0.4) is 0 Å². The number of rotatable bonds is 4. The van der Waals surface area contributed by atoms with Gasteiger partial charge in [0.05, 0.1) is 0 Å². The third kappa shape index (κ3) is 3.25. The second-order valence-corrected chi connectivity index (χ2v) is 5.57. The van der Waals surface area contributed by atoms with Crippen LogP contribution >= 0.6 is 0 Å². The third-order valence-corrected chi connectivity index (χ3v) is 4.14. The van der Waals surface area contributed by atoms with Crippen molar-refractivity contribution in [1.29, 1.82) is 0 Å². The van der Waals surface area contributed by atoms with Gasteiger partial charge in [0.15, 0.2) is 0 Å². The molecule has 4 nitrogen and oxygen atoms in total. The van der Waals surface area contributed by atoms with Gasteiger partial charge in [-0.05, 0) is 29.7 Å². The normalized spacial score (nSPS) is 16.5. The van der Waals surface area contributed by atoms with Crippen LogP contribution in [-0.4, -0.2) is 36.1 Å². The molecular formula is C17H21FN4. The summed E-state index contributed by atoms with van der Waals surface area (Å²) in [5.74, 6) is 0.792. The van der Waals surface area contributed by atoms with Crippen LogP contribution in [0.5, 0.6) is 0 Å². The van der Waals surface area contributed by atoms with Crippen molar-refractivity contribution in [2.75, 3.05) is 31.1 Å². The van der Waals surface area contributed by atoms with Crippen LogP contribution in [0.2, 0.25) is 0 Å². The maximum Gasteiger partial charge on any atom is 0.225 e. The fraction of sp³-hybridized carbons (Fsp3) is 0.412. The van der Waals surface area contributed by atoms with E-state index in [0.29, 0.717) is 0 Å². The number of benzene rings is 1. The SMILES string of the molecule is CC[C@H](c1ccc(F)cc1)c1cnc(N2CCNCC2)nc1. The number of anilines is 1. The van der Waals surface area contributed by atoms with E-state index in [4.69, 9.17) is 0 Å². The first-order chi connectivity index (χ1) is 10.8. The lowest BCUT2D eigenvalue weighted by atomic mass is 9.91. The molecule has 1 aromatic carbocycles. The number of hydrogen-bond acceptors (Lipinski definition) is 4. The van der Waals surface area contributed by atoms with Crippen LogP contribution < -0.4 is 10.2 Å². The van der Waals surface area contributed by atoms with Gasteiger partial charge in [0, 0.05) is 44.5 Å². The van der Waals surface area contributed by atoms with E-state index < -0.39 is 0 Å². The molecule has 3 rings (SSSR count). The molecule has 0 saturated carbocycles. The van der Waals surface area contributed by atoms with Crippen LogP contribution in [0.25, 0.3) is 0 Å². The minimum absolute atomic E-state index is 0.205. The summed E-state index contributed by atoms with van der Waals surface area (Å²) in [6.07, 6.45) is 4.74. The zero-order valence-electron chi connectivity index (χ0n) is 12.8. The van der Waals surface area contributed by atoms with Gasteiger partial charge in [0.25, 0.3) is 0 Å². The van der Waals surface area contributed by atoms with Crippen molar-refractivity contribution in [3.8, 4) is 0 Å². The first-order valence-electron chi connectivity index (χ1n) is 7.81. The Morgan fingerprint density at radius 1 is 1.09 bits per heavy atom. The molecule has 1 N–H and O–H groups in total. The average molecular weight is 300 g/mol. The van der Waals surface area contributed by atoms with Crippen LogP contribution in [-0.2, 0) is 0 Å². The number of hydrogen-bond donors (Lipinski definition) is 1. The number of nitrogens with one attached hydrogen (secondary N) is 1. The molecule has 22 heavy (non-hydrogen) atoms. The van der Waals surface area contributed by atoms with Crippen molar-refractivity contribution in [3.05, 3.63) is 53.6 Å². The lowest BCUT2D eigenvalue weighted by molar-refractivity contribution is 0.579. The minimum atomic E-state index is -0.205. The molecule has 0 spiro atoms. The zero-order valence-corrected chi connectivity index (χ0v) is 12.8. The molecule has 116 valence electrons. The van der Waals surface area contributed by atoms with Crippen LogP contribution in [0.15, 0.2) is 36.7 Å². The molecule has 0 aliphatic carbocycles. The average Bonchev–Trinajstić information content (AvgIpc) is 2.59. The van der Waals surface area contributed by atoms with E-state index in [-0.39, 0.29) is 11.7 Å². The van der Waals surface area contributed by atoms with Crippen molar-refractivity contribution in [2.24, 2.45) is 0 Å². The van der Waals surface area contributed by atoms with Gasteiger partial charge in [-0.15, -0.1) is 0 Å². The maximum absolute atomic E-state index is 13.1. The molecule has 0 bridgehead atoms. The van der Waals surface area contributed by atoms with E-state index in [1.807, 2.05) is 24.5 Å². The summed E-state index contributed by atoms with van der Waals surface area (Å²) in [4.78, 5) is 11.2. The Morgan fingerprint density at radius 2 is 1.73 bits per heavy atom. The Labute approximate surface area is 130 Å². The van der Waals surface area contributed by atoms with Gasteiger partial charge in [-0.2, -0.15) is 0 Å². The molecule has 1 atom stereocenters. The quantitative estimate of drug-likeness (QED) is 0.942. The molecule has 0 unspecified atom stereocenters. The smallest absolute Gasteiger partial charge is 0.225 e. The molecule has 2 aromatic rings. The molecule has 1 aliphatic heterocycles. The predicted molar refractivity (Wildman–Crippen MR) is 85.6 cm³/mol. The van der Waals surface area contributed by atoms with Crippen molar-refractivity contribution >= 4 is 5.95 Å². The highest BCUT2D eigenvalue weighted by atomic mass is 19.1. The van der Waals surface area contributed by atoms with Gasteiger partial charge >= 0.3 is 0 Å². The molecule has 5 heteroatoms. The maximum atomic E-state index is 13.1. The van der Waals surface area contributed by atoms with E-state index in [2.05, 4.69) is 27.1 Å². The zero-order chi connectivity index (χ0) is 15.4. The predicted octanol–water partition coefficient (Wildman–Crippen LogP) is 2.57. The second-order valence-electron chi connectivity index (χ2n) is 5.57. The molecule has 2 heterocycles. The van der Waals surface area contributed by atoms with E-state index in [1.165, 1.54) is 12.1 Å². The van der Waals surface area contributed by atoms with Crippen LogP contribution in [0.1, 0.15) is 30.4 Å². The Balaban J connectivity index is 1.79. The first-order valence-corrected chi connectivity index (χ1v) is 7.81. The van der Waals surface area contributed by atoms with Gasteiger partial charge in [0.1, 0.15) is 5.82 Å². The number of aromatic nitrogens is 2. The van der Waals surface area contributed by atoms with Gasteiger partial charge in [-0.1, -0.05) is 19.1 Å². The topological polar surface area (TPSA) is 41.1 Å². The van der Waals surface area contributed by atoms with Gasteiger partial charge < -0.3 is 10.2 Å². The Kier molecular flexibility index (Phi) is 4.63. The lowest BCUT2D eigenvalue weighted by Gasteiger charge is -2.27. The monoisotopic (exact) mass is 300 g/mol. The fourth-order valence-electron chi connectivity index (χ4n) is 2.90. The second kappa shape index (κ2) is 6.83. The van der Waals surface area contributed by atoms with Gasteiger partial charge in [-0.3, -0.25) is 0 Å². The van der Waals surface area contributed by atoms with Crippen molar-refractivity contribution in [1.82, 2.24) is 15.3 Å². The Morgan fingerprint density at radius 3 is 2.32 bits per heavy atom. The van der Waals surface area contributed by atoms with E-state index >= 15 is 0 Å². The Bertz CT molecular complexity index is 591. The highest BCUT2D eigenvalue weighted by Crippen LogP contribution is 2.27. The summed E-state index contributed by atoms with van der Waals surface area (Å²) >= 11 is 0. The summed E-state index contributed by atoms with van der Waals surface area (Å²) in [5.41, 5.74) is 2.18. The van der Waals surface area contributed by atoms with Crippen molar-refractivity contribution < 1.29 is 4.39 Å². The summed E-state index contributed by atoms with van der Waals surface area (Å²) in [7, 11) is 0. The third-order valence-electron chi connectivity index (χ3n) is 4.14. The van der Waals surface area contributed by atoms with Crippen molar-refractivity contribution in [3.63, 3.8) is 0 Å². The summed E-state index contributed by atoms with van der Waals surface area (Å²) in [6, 6.07) is 6.70. The Hall–Kier alpha value is -2.01. The molecule has 1 aromatic heterocycles. The van der Waals surface area contributed by atoms with Gasteiger partial charge in [-0.25, -0.2) is 14.4 Å². The largest absolute Gasteiger partial charge is 0.338 e.